The molecule has 1 atom stereocenters. The van der Waals surface area contributed by atoms with Crippen molar-refractivity contribution < 1.29 is 4.79 Å². The number of rotatable bonds is 2. The van der Waals surface area contributed by atoms with E-state index in [0.717, 1.165) is 21.0 Å². The number of nitrogens with two attached hydrogens (primary N) is 1. The van der Waals surface area contributed by atoms with Crippen LogP contribution < -0.4 is 11.1 Å². The second kappa shape index (κ2) is 5.13. The van der Waals surface area contributed by atoms with Crippen molar-refractivity contribution in [3.8, 4) is 0 Å². The Morgan fingerprint density at radius 1 is 1.25 bits per heavy atom. The summed E-state index contributed by atoms with van der Waals surface area (Å²) in [6.07, 6.45) is 0. The summed E-state index contributed by atoms with van der Waals surface area (Å²) in [6, 6.07) is 11.2. The lowest BCUT2D eigenvalue weighted by atomic mass is 10.1. The van der Waals surface area contributed by atoms with Crippen LogP contribution >= 0.6 is 23.4 Å². The van der Waals surface area contributed by atoms with Crippen molar-refractivity contribution in [2.24, 2.45) is 5.73 Å². The van der Waals surface area contributed by atoms with Crippen LogP contribution in [0.3, 0.4) is 0 Å². The largest absolute Gasteiger partial charge is 0.324 e. The average Bonchev–Trinajstić information content (AvgIpc) is 2.69. The quantitative estimate of drug-likeness (QED) is 0.888. The third kappa shape index (κ3) is 2.42. The highest BCUT2D eigenvalue weighted by Gasteiger charge is 2.28. The van der Waals surface area contributed by atoms with Gasteiger partial charge < -0.3 is 11.1 Å². The van der Waals surface area contributed by atoms with Crippen molar-refractivity contribution >= 4 is 35.0 Å². The summed E-state index contributed by atoms with van der Waals surface area (Å²) in [5, 5.41) is 3.39. The van der Waals surface area contributed by atoms with Crippen LogP contribution in [0.2, 0.25) is 5.02 Å². The highest BCUT2D eigenvalue weighted by molar-refractivity contribution is 7.99. The third-order valence-corrected chi connectivity index (χ3v) is 4.72. The van der Waals surface area contributed by atoms with Crippen LogP contribution in [0, 0.1) is 6.92 Å². The Labute approximate surface area is 126 Å². The van der Waals surface area contributed by atoms with Gasteiger partial charge in [0.1, 0.15) is 6.04 Å². The molecule has 0 spiro atoms. The van der Waals surface area contributed by atoms with Crippen molar-refractivity contribution in [2.75, 3.05) is 5.32 Å². The summed E-state index contributed by atoms with van der Waals surface area (Å²) in [6.45, 7) is 2.05. The molecule has 0 radical (unpaired) electrons. The Bertz CT molecular complexity index is 685. The van der Waals surface area contributed by atoms with Gasteiger partial charge >= 0.3 is 0 Å². The van der Waals surface area contributed by atoms with Crippen LogP contribution in [0.1, 0.15) is 17.2 Å². The van der Waals surface area contributed by atoms with E-state index in [2.05, 4.69) is 17.4 Å². The first-order valence-corrected chi connectivity index (χ1v) is 7.38. The second-order valence-electron chi connectivity index (χ2n) is 4.75. The molecule has 1 aliphatic rings. The maximum atomic E-state index is 11.6. The number of anilines is 1. The van der Waals surface area contributed by atoms with E-state index in [0.29, 0.717) is 5.02 Å². The molecule has 1 unspecified atom stereocenters. The number of hydrogen-bond acceptors (Lipinski definition) is 3. The molecule has 3 N–H and O–H groups in total. The molecule has 0 fully saturated rings. The molecule has 1 heterocycles. The molecular formula is C15H13ClN2OS. The zero-order valence-electron chi connectivity index (χ0n) is 10.8. The SMILES string of the molecule is Cc1ccc(Sc2cc3c(cc2Cl)C(N)C(=O)N3)cc1. The maximum Gasteiger partial charge on any atom is 0.245 e. The topological polar surface area (TPSA) is 55.1 Å². The van der Waals surface area contributed by atoms with Gasteiger partial charge in [0.2, 0.25) is 5.91 Å². The summed E-state index contributed by atoms with van der Waals surface area (Å²) in [5.74, 6) is -0.187. The van der Waals surface area contributed by atoms with Crippen LogP contribution in [0.4, 0.5) is 5.69 Å². The van der Waals surface area contributed by atoms with E-state index in [9.17, 15) is 4.79 Å². The molecule has 5 heteroatoms. The van der Waals surface area contributed by atoms with Gasteiger partial charge in [-0.2, -0.15) is 0 Å². The summed E-state index contributed by atoms with van der Waals surface area (Å²) < 4.78 is 0. The van der Waals surface area contributed by atoms with E-state index in [1.54, 1.807) is 17.8 Å². The van der Waals surface area contributed by atoms with E-state index in [1.165, 1.54) is 5.56 Å². The monoisotopic (exact) mass is 304 g/mol. The van der Waals surface area contributed by atoms with Gasteiger partial charge in [-0.25, -0.2) is 0 Å². The lowest BCUT2D eigenvalue weighted by Gasteiger charge is -2.08. The summed E-state index contributed by atoms with van der Waals surface area (Å²) in [5.41, 5.74) is 8.53. The van der Waals surface area contributed by atoms with Crippen LogP contribution in [0.25, 0.3) is 0 Å². The first-order chi connectivity index (χ1) is 9.54. The minimum Gasteiger partial charge on any atom is -0.324 e. The number of carbonyl (C=O) groups is 1. The van der Waals surface area contributed by atoms with Crippen molar-refractivity contribution in [1.29, 1.82) is 0 Å². The van der Waals surface area contributed by atoms with Crippen molar-refractivity contribution in [2.45, 2.75) is 22.8 Å². The van der Waals surface area contributed by atoms with E-state index in [1.807, 2.05) is 25.1 Å². The third-order valence-electron chi connectivity index (χ3n) is 3.23. The molecule has 0 saturated carbocycles. The predicted molar refractivity (Wildman–Crippen MR) is 82.3 cm³/mol. The van der Waals surface area contributed by atoms with Crippen molar-refractivity contribution in [3.63, 3.8) is 0 Å². The highest BCUT2D eigenvalue weighted by Crippen LogP contribution is 2.40. The fourth-order valence-corrected chi connectivity index (χ4v) is 3.24. The molecule has 0 bridgehead atoms. The van der Waals surface area contributed by atoms with Crippen LogP contribution in [-0.4, -0.2) is 5.91 Å². The van der Waals surface area contributed by atoms with Crippen LogP contribution in [-0.2, 0) is 4.79 Å². The molecule has 0 aliphatic carbocycles. The minimum absolute atomic E-state index is 0.187. The Morgan fingerprint density at radius 2 is 1.95 bits per heavy atom. The highest BCUT2D eigenvalue weighted by atomic mass is 35.5. The van der Waals surface area contributed by atoms with E-state index < -0.39 is 6.04 Å². The molecule has 1 amide bonds. The normalized spacial score (nSPS) is 16.9. The van der Waals surface area contributed by atoms with Gasteiger partial charge in [-0.15, -0.1) is 0 Å². The molecule has 3 nitrogen and oxygen atoms in total. The predicted octanol–water partition coefficient (Wildman–Crippen LogP) is 3.75. The van der Waals surface area contributed by atoms with Gasteiger partial charge in [0.05, 0.1) is 5.02 Å². The fraction of sp³-hybridized carbons (Fsp3) is 0.133. The van der Waals surface area contributed by atoms with Gasteiger partial charge in [0.15, 0.2) is 0 Å². The molecule has 1 aliphatic heterocycles. The van der Waals surface area contributed by atoms with E-state index >= 15 is 0 Å². The van der Waals surface area contributed by atoms with Gasteiger partial charge in [0.25, 0.3) is 0 Å². The van der Waals surface area contributed by atoms with Gasteiger partial charge in [-0.1, -0.05) is 41.1 Å². The molecule has 0 aromatic heterocycles. The number of benzene rings is 2. The zero-order valence-corrected chi connectivity index (χ0v) is 12.4. The van der Waals surface area contributed by atoms with Gasteiger partial charge in [0, 0.05) is 21.0 Å². The first-order valence-electron chi connectivity index (χ1n) is 6.19. The molecule has 3 rings (SSSR count). The summed E-state index contributed by atoms with van der Waals surface area (Å²) in [7, 11) is 0. The number of amides is 1. The first kappa shape index (κ1) is 13.5. The Hall–Kier alpha value is -1.49. The van der Waals surface area contributed by atoms with Gasteiger partial charge in [-0.3, -0.25) is 4.79 Å². The molecule has 102 valence electrons. The van der Waals surface area contributed by atoms with Crippen LogP contribution in [0.15, 0.2) is 46.2 Å². The maximum absolute atomic E-state index is 11.6. The fourth-order valence-electron chi connectivity index (χ4n) is 2.10. The lowest BCUT2D eigenvalue weighted by molar-refractivity contribution is -0.116. The van der Waals surface area contributed by atoms with E-state index in [-0.39, 0.29) is 5.91 Å². The summed E-state index contributed by atoms with van der Waals surface area (Å²) >= 11 is 7.85. The Kier molecular flexibility index (Phi) is 3.46. The van der Waals surface area contributed by atoms with Gasteiger partial charge in [-0.05, 0) is 31.2 Å². The standard InChI is InChI=1S/C15H13ClN2OS/c1-8-2-4-9(5-3-8)20-13-7-12-10(6-11(13)16)14(17)15(19)18-12/h2-7,14H,17H2,1H3,(H,18,19). The number of hydrogen-bond donors (Lipinski definition) is 2. The average molecular weight is 305 g/mol. The Balaban J connectivity index is 1.94. The van der Waals surface area contributed by atoms with Crippen molar-refractivity contribution in [3.05, 3.63) is 52.5 Å². The zero-order chi connectivity index (χ0) is 14.3. The number of aryl methyl sites for hydroxylation is 1. The second-order valence-corrected chi connectivity index (χ2v) is 6.27. The lowest BCUT2D eigenvalue weighted by Crippen LogP contribution is -2.19. The molecule has 2 aromatic rings. The van der Waals surface area contributed by atoms with Crippen molar-refractivity contribution in [1.82, 2.24) is 0 Å². The smallest absolute Gasteiger partial charge is 0.245 e. The molecule has 20 heavy (non-hydrogen) atoms. The summed E-state index contributed by atoms with van der Waals surface area (Å²) in [4.78, 5) is 13.6. The molecule has 0 saturated heterocycles. The Morgan fingerprint density at radius 3 is 2.65 bits per heavy atom. The van der Waals surface area contributed by atoms with Crippen LogP contribution in [0.5, 0.6) is 0 Å². The minimum atomic E-state index is -0.624. The molecular weight excluding hydrogens is 292 g/mol. The number of halogens is 1. The molecule has 2 aromatic carbocycles. The number of nitrogens with one attached hydrogen (secondary N) is 1. The number of fused-ring (bicyclic) bond motifs is 1. The number of carbonyl (C=O) groups excluding carboxylic acids is 1. The van der Waals surface area contributed by atoms with E-state index in [4.69, 9.17) is 17.3 Å².